The molecule has 144 valence electrons. The van der Waals surface area contributed by atoms with E-state index in [9.17, 15) is 17.6 Å². The van der Waals surface area contributed by atoms with Gasteiger partial charge in [0.15, 0.2) is 0 Å². The van der Waals surface area contributed by atoms with Gasteiger partial charge in [0.2, 0.25) is 10.0 Å². The molecule has 2 aromatic rings. The molecule has 1 fully saturated rings. The first-order chi connectivity index (χ1) is 12.8. The number of halogens is 2. The van der Waals surface area contributed by atoms with E-state index in [1.807, 2.05) is 0 Å². The molecular formula is C19H20BrFN2O3S. The van der Waals surface area contributed by atoms with Crippen molar-refractivity contribution in [3.05, 3.63) is 57.8 Å². The molecule has 1 aliphatic rings. The maximum atomic E-state index is 13.3. The monoisotopic (exact) mass is 454 g/mol. The van der Waals surface area contributed by atoms with Crippen LogP contribution in [0.3, 0.4) is 0 Å². The van der Waals surface area contributed by atoms with Gasteiger partial charge in [-0.05, 0) is 71.6 Å². The number of amides is 1. The molecular weight excluding hydrogens is 435 g/mol. The number of nitrogens with one attached hydrogen (secondary N) is 2. The summed E-state index contributed by atoms with van der Waals surface area (Å²) in [5.74, 6) is -0.902. The molecule has 0 saturated heterocycles. The molecule has 0 aliphatic heterocycles. The van der Waals surface area contributed by atoms with E-state index in [2.05, 4.69) is 26.0 Å². The van der Waals surface area contributed by atoms with E-state index in [4.69, 9.17) is 0 Å². The largest absolute Gasteiger partial charge is 0.322 e. The first kappa shape index (κ1) is 20.0. The van der Waals surface area contributed by atoms with E-state index < -0.39 is 21.7 Å². The van der Waals surface area contributed by atoms with Crippen molar-refractivity contribution >= 4 is 37.5 Å². The van der Waals surface area contributed by atoms with Crippen LogP contribution in [0.15, 0.2) is 45.8 Å². The summed E-state index contributed by atoms with van der Waals surface area (Å²) >= 11 is 3.07. The maximum absolute atomic E-state index is 13.3. The molecule has 0 heterocycles. The van der Waals surface area contributed by atoms with E-state index in [0.29, 0.717) is 11.3 Å². The van der Waals surface area contributed by atoms with Crippen molar-refractivity contribution in [2.45, 2.75) is 43.5 Å². The quantitative estimate of drug-likeness (QED) is 0.703. The van der Waals surface area contributed by atoms with E-state index in [1.165, 1.54) is 24.3 Å². The van der Waals surface area contributed by atoms with Gasteiger partial charge >= 0.3 is 0 Å². The standard InChI is InChI=1S/C19H20BrFN2O3S/c1-12-6-7-13(19(24)22-15-8-9-17(21)16(20)11-15)10-18(12)27(25,26)23-14-4-2-3-5-14/h6-11,14,23H,2-5H2,1H3,(H,22,24). The van der Waals surface area contributed by atoms with Crippen molar-refractivity contribution in [3.63, 3.8) is 0 Å². The van der Waals surface area contributed by atoms with Crippen molar-refractivity contribution in [1.29, 1.82) is 0 Å². The number of benzene rings is 2. The highest BCUT2D eigenvalue weighted by Crippen LogP contribution is 2.24. The maximum Gasteiger partial charge on any atom is 0.255 e. The second-order valence-electron chi connectivity index (χ2n) is 6.67. The highest BCUT2D eigenvalue weighted by atomic mass is 79.9. The number of hydrogen-bond acceptors (Lipinski definition) is 3. The Morgan fingerprint density at radius 2 is 1.85 bits per heavy atom. The number of rotatable bonds is 5. The fraction of sp³-hybridized carbons (Fsp3) is 0.316. The van der Waals surface area contributed by atoms with Gasteiger partial charge in [0.25, 0.3) is 5.91 Å². The number of aryl methyl sites for hydroxylation is 1. The lowest BCUT2D eigenvalue weighted by Gasteiger charge is -2.15. The predicted molar refractivity (Wildman–Crippen MR) is 106 cm³/mol. The zero-order valence-electron chi connectivity index (χ0n) is 14.8. The highest BCUT2D eigenvalue weighted by Gasteiger charge is 2.25. The van der Waals surface area contributed by atoms with Crippen molar-refractivity contribution < 1.29 is 17.6 Å². The molecule has 1 aliphatic carbocycles. The Kier molecular flexibility index (Phi) is 5.98. The summed E-state index contributed by atoms with van der Waals surface area (Å²) in [6, 6.07) is 8.61. The van der Waals surface area contributed by atoms with Crippen LogP contribution < -0.4 is 10.0 Å². The number of carbonyl (C=O) groups is 1. The van der Waals surface area contributed by atoms with E-state index >= 15 is 0 Å². The minimum Gasteiger partial charge on any atom is -0.322 e. The Morgan fingerprint density at radius 3 is 2.52 bits per heavy atom. The lowest BCUT2D eigenvalue weighted by atomic mass is 10.1. The summed E-state index contributed by atoms with van der Waals surface area (Å²) < 4.78 is 41.8. The average Bonchev–Trinajstić information content (AvgIpc) is 3.10. The Balaban J connectivity index is 1.83. The van der Waals surface area contributed by atoms with Gasteiger partial charge < -0.3 is 5.32 Å². The third-order valence-corrected chi connectivity index (χ3v) is 6.86. The van der Waals surface area contributed by atoms with Crippen LogP contribution in [0, 0.1) is 12.7 Å². The van der Waals surface area contributed by atoms with Crippen molar-refractivity contribution in [3.8, 4) is 0 Å². The Labute approximate surface area is 166 Å². The molecule has 0 atom stereocenters. The molecule has 0 spiro atoms. The first-order valence-corrected chi connectivity index (χ1v) is 10.9. The van der Waals surface area contributed by atoms with Crippen LogP contribution in [-0.2, 0) is 10.0 Å². The molecule has 8 heteroatoms. The first-order valence-electron chi connectivity index (χ1n) is 8.65. The number of anilines is 1. The molecule has 1 saturated carbocycles. The topological polar surface area (TPSA) is 75.3 Å². The second kappa shape index (κ2) is 8.08. The minimum atomic E-state index is -3.70. The van der Waals surface area contributed by atoms with Gasteiger partial charge in [-0.15, -0.1) is 0 Å². The molecule has 2 N–H and O–H groups in total. The molecule has 0 bridgehead atoms. The lowest BCUT2D eigenvalue weighted by molar-refractivity contribution is 0.102. The summed E-state index contributed by atoms with van der Waals surface area (Å²) in [5, 5.41) is 2.65. The summed E-state index contributed by atoms with van der Waals surface area (Å²) in [7, 11) is -3.70. The zero-order chi connectivity index (χ0) is 19.6. The summed E-state index contributed by atoms with van der Waals surface area (Å²) in [6.45, 7) is 1.70. The Morgan fingerprint density at radius 1 is 1.15 bits per heavy atom. The van der Waals surface area contributed by atoms with Gasteiger partial charge in [0.1, 0.15) is 5.82 Å². The normalized spacial score (nSPS) is 15.1. The number of hydrogen-bond donors (Lipinski definition) is 2. The van der Waals surface area contributed by atoms with E-state index in [0.717, 1.165) is 25.7 Å². The van der Waals surface area contributed by atoms with Crippen LogP contribution in [0.25, 0.3) is 0 Å². The van der Waals surface area contributed by atoms with Crippen LogP contribution in [0.5, 0.6) is 0 Å². The fourth-order valence-electron chi connectivity index (χ4n) is 3.13. The minimum absolute atomic E-state index is 0.0524. The SMILES string of the molecule is Cc1ccc(C(=O)Nc2ccc(F)c(Br)c2)cc1S(=O)(=O)NC1CCCC1. The number of carbonyl (C=O) groups excluding carboxylic acids is 1. The van der Waals surface area contributed by atoms with Crippen LogP contribution in [0.2, 0.25) is 0 Å². The van der Waals surface area contributed by atoms with Crippen LogP contribution in [0.4, 0.5) is 10.1 Å². The van der Waals surface area contributed by atoms with Crippen molar-refractivity contribution in [2.75, 3.05) is 5.32 Å². The molecule has 0 aromatic heterocycles. The number of sulfonamides is 1. The fourth-order valence-corrected chi connectivity index (χ4v) is 5.09. The Hall–Kier alpha value is -1.77. The van der Waals surface area contributed by atoms with Gasteiger partial charge in [-0.3, -0.25) is 4.79 Å². The summed E-state index contributed by atoms with van der Waals surface area (Å²) in [5.41, 5.74) is 1.19. The summed E-state index contributed by atoms with van der Waals surface area (Å²) in [6.07, 6.45) is 3.69. The predicted octanol–water partition coefficient (Wildman–Crippen LogP) is 4.37. The van der Waals surface area contributed by atoms with E-state index in [1.54, 1.807) is 19.1 Å². The van der Waals surface area contributed by atoms with Gasteiger partial charge in [-0.1, -0.05) is 18.9 Å². The molecule has 2 aromatic carbocycles. The smallest absolute Gasteiger partial charge is 0.255 e. The van der Waals surface area contributed by atoms with Gasteiger partial charge in [0.05, 0.1) is 9.37 Å². The van der Waals surface area contributed by atoms with Gasteiger partial charge in [-0.25, -0.2) is 17.5 Å². The van der Waals surface area contributed by atoms with Crippen molar-refractivity contribution in [1.82, 2.24) is 4.72 Å². The van der Waals surface area contributed by atoms with Crippen LogP contribution in [-0.4, -0.2) is 20.4 Å². The molecule has 1 amide bonds. The molecule has 5 nitrogen and oxygen atoms in total. The van der Waals surface area contributed by atoms with Gasteiger partial charge in [0, 0.05) is 17.3 Å². The highest BCUT2D eigenvalue weighted by molar-refractivity contribution is 9.10. The molecule has 0 radical (unpaired) electrons. The van der Waals surface area contributed by atoms with Crippen LogP contribution >= 0.6 is 15.9 Å². The average molecular weight is 455 g/mol. The molecule has 3 rings (SSSR count). The third kappa shape index (κ3) is 4.75. The van der Waals surface area contributed by atoms with E-state index in [-0.39, 0.29) is 21.0 Å². The molecule has 0 unspecified atom stereocenters. The molecule has 27 heavy (non-hydrogen) atoms. The van der Waals surface area contributed by atoms with Gasteiger partial charge in [-0.2, -0.15) is 0 Å². The van der Waals surface area contributed by atoms with Crippen molar-refractivity contribution in [2.24, 2.45) is 0 Å². The second-order valence-corrected chi connectivity index (χ2v) is 9.20. The summed E-state index contributed by atoms with van der Waals surface area (Å²) in [4.78, 5) is 12.6. The third-order valence-electron chi connectivity index (χ3n) is 4.59. The zero-order valence-corrected chi connectivity index (χ0v) is 17.2. The van der Waals surface area contributed by atoms with Crippen LogP contribution in [0.1, 0.15) is 41.6 Å². The lowest BCUT2D eigenvalue weighted by Crippen LogP contribution is -2.33. The Bertz CT molecular complexity index is 973.